The summed E-state index contributed by atoms with van der Waals surface area (Å²) in [6, 6.07) is 7.41. The third kappa shape index (κ3) is 3.79. The average molecular weight is 395 g/mol. The Kier molecular flexibility index (Phi) is 4.83. The molecule has 152 valence electrons. The minimum absolute atomic E-state index is 0.00272. The maximum absolute atomic E-state index is 14.5. The molecule has 1 aromatic heterocycles. The number of aromatic nitrogens is 2. The third-order valence-corrected chi connectivity index (χ3v) is 5.91. The molecule has 0 amide bonds. The van der Waals surface area contributed by atoms with E-state index in [2.05, 4.69) is 22.0 Å². The number of nitrogens with one attached hydrogen (secondary N) is 3. The molecule has 7 heteroatoms. The number of hydrogen-bond acceptors (Lipinski definition) is 6. The highest BCUT2D eigenvalue weighted by atomic mass is 19.1. The van der Waals surface area contributed by atoms with E-state index in [0.29, 0.717) is 35.6 Å². The van der Waals surface area contributed by atoms with Crippen LogP contribution in [0.1, 0.15) is 54.6 Å². The molecule has 0 bridgehead atoms. The van der Waals surface area contributed by atoms with Crippen LogP contribution in [0.4, 0.5) is 10.3 Å². The van der Waals surface area contributed by atoms with E-state index >= 15 is 0 Å². The summed E-state index contributed by atoms with van der Waals surface area (Å²) in [6.45, 7) is 1.96. The van der Waals surface area contributed by atoms with Gasteiger partial charge < -0.3 is 20.7 Å². The van der Waals surface area contributed by atoms with Gasteiger partial charge in [-0.3, -0.25) is 0 Å². The van der Waals surface area contributed by atoms with Crippen LogP contribution < -0.4 is 20.7 Å². The summed E-state index contributed by atoms with van der Waals surface area (Å²) in [5.41, 5.74) is 3.49. The third-order valence-electron chi connectivity index (χ3n) is 5.91. The summed E-state index contributed by atoms with van der Waals surface area (Å²) < 4.78 is 19.9. The Morgan fingerprint density at radius 2 is 2.03 bits per heavy atom. The summed E-state index contributed by atoms with van der Waals surface area (Å²) in [5.74, 6) is 1.53. The highest BCUT2D eigenvalue weighted by molar-refractivity contribution is 5.73. The van der Waals surface area contributed by atoms with Gasteiger partial charge in [0.15, 0.2) is 0 Å². The van der Waals surface area contributed by atoms with Gasteiger partial charge in [0.05, 0.1) is 24.4 Å². The highest BCUT2D eigenvalue weighted by Crippen LogP contribution is 2.42. The summed E-state index contributed by atoms with van der Waals surface area (Å²) in [4.78, 5) is 9.59. The fourth-order valence-corrected chi connectivity index (χ4v) is 4.17. The normalized spacial score (nSPS) is 23.6. The van der Waals surface area contributed by atoms with Crippen LogP contribution in [0.5, 0.6) is 5.75 Å². The molecule has 1 saturated carbocycles. The second kappa shape index (κ2) is 7.63. The van der Waals surface area contributed by atoms with Crippen LogP contribution in [0.15, 0.2) is 30.5 Å². The number of benzene rings is 1. The molecule has 1 aromatic carbocycles. The molecule has 2 unspecified atom stereocenters. The first-order valence-electron chi connectivity index (χ1n) is 10.4. The summed E-state index contributed by atoms with van der Waals surface area (Å²) in [6.07, 6.45) is 6.00. The molecule has 3 N–H and O–H groups in total. The Labute approximate surface area is 170 Å². The van der Waals surface area contributed by atoms with Crippen molar-refractivity contribution in [2.45, 2.75) is 43.7 Å². The van der Waals surface area contributed by atoms with Crippen molar-refractivity contribution in [1.82, 2.24) is 20.6 Å². The zero-order valence-electron chi connectivity index (χ0n) is 16.5. The van der Waals surface area contributed by atoms with Gasteiger partial charge in [0.1, 0.15) is 11.6 Å². The van der Waals surface area contributed by atoms with Crippen LogP contribution in [-0.2, 0) is 0 Å². The van der Waals surface area contributed by atoms with Crippen molar-refractivity contribution in [1.29, 1.82) is 0 Å². The molecule has 3 heterocycles. The quantitative estimate of drug-likeness (QED) is 0.697. The largest absolute Gasteiger partial charge is 0.496 e. The van der Waals surface area contributed by atoms with Crippen LogP contribution >= 0.6 is 0 Å². The maximum atomic E-state index is 14.5. The lowest BCUT2D eigenvalue weighted by molar-refractivity contribution is 0.409. The Morgan fingerprint density at radius 3 is 2.79 bits per heavy atom. The molecule has 0 spiro atoms. The number of anilines is 1. The highest BCUT2D eigenvalue weighted by Gasteiger charge is 2.30. The molecule has 3 aliphatic rings. The van der Waals surface area contributed by atoms with Gasteiger partial charge in [-0.2, -0.15) is 0 Å². The van der Waals surface area contributed by atoms with E-state index in [1.165, 1.54) is 18.9 Å². The van der Waals surface area contributed by atoms with Gasteiger partial charge in [0.25, 0.3) is 0 Å². The Balaban J connectivity index is 1.39. The predicted octanol–water partition coefficient (Wildman–Crippen LogP) is 3.35. The lowest BCUT2D eigenvalue weighted by atomic mass is 9.99. The Bertz CT molecular complexity index is 937. The van der Waals surface area contributed by atoms with Crippen molar-refractivity contribution in [3.05, 3.63) is 53.2 Å². The van der Waals surface area contributed by atoms with Gasteiger partial charge in [0.2, 0.25) is 5.95 Å². The predicted molar refractivity (Wildman–Crippen MR) is 110 cm³/mol. The summed E-state index contributed by atoms with van der Waals surface area (Å²) >= 11 is 0. The number of methoxy groups -OCH3 is 1. The number of ether oxygens (including phenoxy) is 1. The maximum Gasteiger partial charge on any atom is 0.223 e. The fraction of sp³-hybridized carbons (Fsp3) is 0.455. The zero-order valence-corrected chi connectivity index (χ0v) is 16.5. The minimum Gasteiger partial charge on any atom is -0.496 e. The molecule has 5 rings (SSSR count). The van der Waals surface area contributed by atoms with Gasteiger partial charge in [-0.25, -0.2) is 14.4 Å². The first-order chi connectivity index (χ1) is 14.2. The van der Waals surface area contributed by atoms with Crippen molar-refractivity contribution in [2.75, 3.05) is 25.5 Å². The van der Waals surface area contributed by atoms with Crippen LogP contribution in [0, 0.1) is 5.82 Å². The molecule has 2 fully saturated rings. The first-order valence-corrected chi connectivity index (χ1v) is 10.4. The van der Waals surface area contributed by atoms with E-state index in [-0.39, 0.29) is 11.9 Å². The lowest BCUT2D eigenvalue weighted by Crippen LogP contribution is -2.24. The second-order valence-electron chi connectivity index (χ2n) is 8.06. The molecule has 2 aliphatic heterocycles. The van der Waals surface area contributed by atoms with Gasteiger partial charge in [-0.05, 0) is 49.6 Å². The molecule has 2 aromatic rings. The topological polar surface area (TPSA) is 71.1 Å². The standard InChI is InChI=1S/C22H26FN5O/c1-29-20-4-2-3-16(23)21(20)14-9-18(25-11-14)19-10-17(13-5-6-13)27-22(28-19)26-15-7-8-24-12-15/h2-4,10-11,13,15,18,24-25H,5-9,12H2,1H3,(H,26,27,28). The van der Waals surface area contributed by atoms with Crippen LogP contribution in [0.3, 0.4) is 0 Å². The summed E-state index contributed by atoms with van der Waals surface area (Å²) in [7, 11) is 1.57. The SMILES string of the molecule is COc1cccc(F)c1C1=CNC(c2cc(C3CC3)nc(NC3CCNC3)n2)C1. The smallest absolute Gasteiger partial charge is 0.223 e. The molecule has 1 saturated heterocycles. The van der Waals surface area contributed by atoms with Gasteiger partial charge in [-0.15, -0.1) is 0 Å². The van der Waals surface area contributed by atoms with Crippen molar-refractivity contribution in [2.24, 2.45) is 0 Å². The van der Waals surface area contributed by atoms with Gasteiger partial charge in [0, 0.05) is 36.8 Å². The monoisotopic (exact) mass is 395 g/mol. The van der Waals surface area contributed by atoms with E-state index < -0.39 is 0 Å². The van der Waals surface area contributed by atoms with E-state index in [4.69, 9.17) is 14.7 Å². The molecule has 0 radical (unpaired) electrons. The Hall–Kier alpha value is -2.67. The van der Waals surface area contributed by atoms with Crippen LogP contribution in [0.2, 0.25) is 0 Å². The average Bonchev–Trinajstić information content (AvgIpc) is 3.25. The zero-order chi connectivity index (χ0) is 19.8. The van der Waals surface area contributed by atoms with Gasteiger partial charge >= 0.3 is 0 Å². The molecule has 2 atom stereocenters. The van der Waals surface area contributed by atoms with Crippen molar-refractivity contribution < 1.29 is 9.13 Å². The van der Waals surface area contributed by atoms with Crippen molar-refractivity contribution in [3.63, 3.8) is 0 Å². The van der Waals surface area contributed by atoms with Crippen LogP contribution in [-0.4, -0.2) is 36.2 Å². The second-order valence-corrected chi connectivity index (χ2v) is 8.06. The summed E-state index contributed by atoms with van der Waals surface area (Å²) in [5, 5.41) is 10.2. The number of nitrogens with zero attached hydrogens (tertiary/aromatic N) is 2. The number of halogens is 1. The molecule has 6 nitrogen and oxygen atoms in total. The van der Waals surface area contributed by atoms with Crippen molar-refractivity contribution >= 4 is 11.5 Å². The molecule has 29 heavy (non-hydrogen) atoms. The first kappa shape index (κ1) is 18.4. The minimum atomic E-state index is -0.268. The fourth-order valence-electron chi connectivity index (χ4n) is 4.17. The number of rotatable bonds is 6. The van der Waals surface area contributed by atoms with Crippen molar-refractivity contribution in [3.8, 4) is 5.75 Å². The van der Waals surface area contributed by atoms with Gasteiger partial charge in [-0.1, -0.05) is 6.07 Å². The van der Waals surface area contributed by atoms with E-state index in [1.807, 2.05) is 6.20 Å². The lowest BCUT2D eigenvalue weighted by Gasteiger charge is -2.17. The van der Waals surface area contributed by atoms with E-state index in [1.54, 1.807) is 19.2 Å². The van der Waals surface area contributed by atoms with Crippen LogP contribution in [0.25, 0.3) is 5.57 Å². The Morgan fingerprint density at radius 1 is 1.17 bits per heavy atom. The molecular weight excluding hydrogens is 369 g/mol. The molecule has 1 aliphatic carbocycles. The van der Waals surface area contributed by atoms with E-state index in [0.717, 1.165) is 36.5 Å². The van der Waals surface area contributed by atoms with E-state index in [9.17, 15) is 4.39 Å². The molecular formula is C22H26FN5O. The number of hydrogen-bond donors (Lipinski definition) is 3.